The number of hydrogen-bond donors (Lipinski definition) is 3. The van der Waals surface area contributed by atoms with E-state index in [1.807, 2.05) is 0 Å². The third kappa shape index (κ3) is 5.53. The van der Waals surface area contributed by atoms with Crippen molar-refractivity contribution in [3.63, 3.8) is 0 Å². The molecular formula is C11H21N3O3. The van der Waals surface area contributed by atoms with Gasteiger partial charge in [-0.05, 0) is 32.9 Å². The number of hydrogen-bond acceptors (Lipinski definition) is 3. The number of carbonyl (C=O) groups excluding carboxylic acids is 1. The highest BCUT2D eigenvalue weighted by atomic mass is 16.4. The van der Waals surface area contributed by atoms with Crippen molar-refractivity contribution in [3.8, 4) is 0 Å². The molecule has 2 amide bonds. The third-order valence-corrected chi connectivity index (χ3v) is 2.88. The summed E-state index contributed by atoms with van der Waals surface area (Å²) in [6.07, 6.45) is 3.74. The van der Waals surface area contributed by atoms with Crippen LogP contribution in [0.1, 0.15) is 26.2 Å². The fraction of sp³-hybridized carbons (Fsp3) is 0.818. The van der Waals surface area contributed by atoms with Crippen LogP contribution in [0.4, 0.5) is 4.79 Å². The molecule has 0 aromatic heterocycles. The number of amides is 2. The van der Waals surface area contributed by atoms with Crippen LogP contribution in [0.2, 0.25) is 0 Å². The third-order valence-electron chi connectivity index (χ3n) is 2.88. The monoisotopic (exact) mass is 243 g/mol. The summed E-state index contributed by atoms with van der Waals surface area (Å²) in [5.74, 6) is -1.03. The lowest BCUT2D eigenvalue weighted by Gasteiger charge is -2.26. The molecule has 3 N–H and O–H groups in total. The summed E-state index contributed by atoms with van der Waals surface area (Å²) in [7, 11) is 0. The smallest absolute Gasteiger partial charge is 0.325 e. The van der Waals surface area contributed by atoms with Crippen molar-refractivity contribution >= 4 is 12.0 Å². The van der Waals surface area contributed by atoms with E-state index in [2.05, 4.69) is 15.5 Å². The zero-order chi connectivity index (χ0) is 12.7. The Morgan fingerprint density at radius 1 is 1.29 bits per heavy atom. The van der Waals surface area contributed by atoms with Gasteiger partial charge in [0.05, 0.1) is 0 Å². The molecule has 0 saturated carbocycles. The molecule has 0 radical (unpaired) electrons. The van der Waals surface area contributed by atoms with Crippen molar-refractivity contribution in [3.05, 3.63) is 0 Å². The van der Waals surface area contributed by atoms with Gasteiger partial charge in [0, 0.05) is 13.1 Å². The van der Waals surface area contributed by atoms with Gasteiger partial charge >= 0.3 is 12.0 Å². The van der Waals surface area contributed by atoms with E-state index >= 15 is 0 Å². The second-order valence-electron chi connectivity index (χ2n) is 4.36. The lowest BCUT2D eigenvalue weighted by atomic mass is 10.1. The molecule has 0 bridgehead atoms. The Morgan fingerprint density at radius 2 is 1.94 bits per heavy atom. The lowest BCUT2D eigenvalue weighted by Crippen LogP contribution is -2.46. The minimum absolute atomic E-state index is 0.420. The molecule has 0 unspecified atom stereocenters. The van der Waals surface area contributed by atoms with Gasteiger partial charge in [-0.15, -0.1) is 0 Å². The summed E-state index contributed by atoms with van der Waals surface area (Å²) in [5.41, 5.74) is 0. The first-order chi connectivity index (χ1) is 8.09. The van der Waals surface area contributed by atoms with E-state index in [0.717, 1.165) is 19.6 Å². The van der Waals surface area contributed by atoms with Gasteiger partial charge < -0.3 is 20.6 Å². The molecule has 0 spiro atoms. The molecule has 1 saturated heterocycles. The average molecular weight is 243 g/mol. The summed E-state index contributed by atoms with van der Waals surface area (Å²) in [6, 6.07) is -1.28. The summed E-state index contributed by atoms with van der Waals surface area (Å²) < 4.78 is 0. The molecule has 1 heterocycles. The maximum absolute atomic E-state index is 11.3. The molecule has 98 valence electrons. The Bertz CT molecular complexity index is 265. The highest BCUT2D eigenvalue weighted by Gasteiger charge is 2.14. The molecule has 6 heteroatoms. The Morgan fingerprint density at radius 3 is 2.53 bits per heavy atom. The van der Waals surface area contributed by atoms with Gasteiger partial charge in [0.1, 0.15) is 6.04 Å². The van der Waals surface area contributed by atoms with Crippen LogP contribution < -0.4 is 10.6 Å². The Kier molecular flexibility index (Phi) is 5.76. The van der Waals surface area contributed by atoms with E-state index in [-0.39, 0.29) is 0 Å². The molecule has 6 nitrogen and oxygen atoms in total. The van der Waals surface area contributed by atoms with E-state index < -0.39 is 18.0 Å². The van der Waals surface area contributed by atoms with Crippen LogP contribution in [-0.4, -0.2) is 54.2 Å². The number of piperidine rings is 1. The van der Waals surface area contributed by atoms with Crippen LogP contribution in [0.15, 0.2) is 0 Å². The number of urea groups is 1. The first-order valence-electron chi connectivity index (χ1n) is 6.09. The molecule has 0 aromatic rings. The molecule has 1 fully saturated rings. The quantitative estimate of drug-likeness (QED) is 0.646. The standard InChI is InChI=1S/C11H21N3O3/c1-9(10(15)16)13-11(17)12-5-8-14-6-3-2-4-7-14/h9H,2-8H2,1H3,(H,15,16)(H2,12,13,17)/t9-/m0/s1. The van der Waals surface area contributed by atoms with Crippen LogP contribution in [0, 0.1) is 0 Å². The van der Waals surface area contributed by atoms with E-state index in [0.29, 0.717) is 6.54 Å². The Balaban J connectivity index is 2.09. The van der Waals surface area contributed by atoms with Gasteiger partial charge in [-0.3, -0.25) is 4.79 Å². The minimum Gasteiger partial charge on any atom is -0.480 e. The van der Waals surface area contributed by atoms with Crippen LogP contribution in [0.3, 0.4) is 0 Å². The number of likely N-dealkylation sites (tertiary alicyclic amines) is 1. The van der Waals surface area contributed by atoms with Crippen molar-refractivity contribution < 1.29 is 14.7 Å². The summed E-state index contributed by atoms with van der Waals surface area (Å²) in [5, 5.41) is 13.6. The number of aliphatic carboxylic acids is 1. The number of carbonyl (C=O) groups is 2. The maximum atomic E-state index is 11.3. The maximum Gasteiger partial charge on any atom is 0.325 e. The zero-order valence-corrected chi connectivity index (χ0v) is 10.2. The van der Waals surface area contributed by atoms with Crippen LogP contribution in [-0.2, 0) is 4.79 Å². The van der Waals surface area contributed by atoms with Gasteiger partial charge in [-0.25, -0.2) is 4.79 Å². The molecule has 17 heavy (non-hydrogen) atoms. The Hall–Kier alpha value is -1.30. The van der Waals surface area contributed by atoms with Crippen molar-refractivity contribution in [1.29, 1.82) is 0 Å². The topological polar surface area (TPSA) is 81.7 Å². The molecule has 1 rings (SSSR count). The first-order valence-corrected chi connectivity index (χ1v) is 6.09. The molecule has 1 aliphatic rings. The van der Waals surface area contributed by atoms with Crippen molar-refractivity contribution in [2.75, 3.05) is 26.2 Å². The Labute approximate surface area is 101 Å². The molecular weight excluding hydrogens is 222 g/mol. The van der Waals surface area contributed by atoms with Gasteiger partial charge in [0.2, 0.25) is 0 Å². The summed E-state index contributed by atoms with van der Waals surface area (Å²) >= 11 is 0. The van der Waals surface area contributed by atoms with Crippen LogP contribution in [0.5, 0.6) is 0 Å². The van der Waals surface area contributed by atoms with Gasteiger partial charge in [-0.2, -0.15) is 0 Å². The predicted molar refractivity (Wildman–Crippen MR) is 63.9 cm³/mol. The number of carboxylic acids is 1. The van der Waals surface area contributed by atoms with Crippen molar-refractivity contribution in [2.24, 2.45) is 0 Å². The molecule has 0 aliphatic carbocycles. The first kappa shape index (κ1) is 13.8. The summed E-state index contributed by atoms with van der Waals surface area (Å²) in [6.45, 7) is 5.00. The van der Waals surface area contributed by atoms with E-state index in [1.54, 1.807) is 0 Å². The van der Waals surface area contributed by atoms with Gasteiger partial charge in [-0.1, -0.05) is 6.42 Å². The number of nitrogens with one attached hydrogen (secondary N) is 2. The lowest BCUT2D eigenvalue weighted by molar-refractivity contribution is -0.138. The SMILES string of the molecule is C[C@H](NC(=O)NCCN1CCCCC1)C(=O)O. The van der Waals surface area contributed by atoms with Crippen LogP contribution >= 0.6 is 0 Å². The summed E-state index contributed by atoms with van der Waals surface area (Å²) in [4.78, 5) is 24.1. The second-order valence-corrected chi connectivity index (χ2v) is 4.36. The van der Waals surface area contributed by atoms with Crippen LogP contribution in [0.25, 0.3) is 0 Å². The van der Waals surface area contributed by atoms with E-state index in [4.69, 9.17) is 5.11 Å². The molecule has 0 aromatic carbocycles. The highest BCUT2D eigenvalue weighted by molar-refractivity contribution is 5.82. The largest absolute Gasteiger partial charge is 0.480 e. The van der Waals surface area contributed by atoms with E-state index in [1.165, 1.54) is 26.2 Å². The fourth-order valence-corrected chi connectivity index (χ4v) is 1.82. The highest BCUT2D eigenvalue weighted by Crippen LogP contribution is 2.07. The van der Waals surface area contributed by atoms with E-state index in [9.17, 15) is 9.59 Å². The number of rotatable bonds is 5. The zero-order valence-electron chi connectivity index (χ0n) is 10.2. The van der Waals surface area contributed by atoms with Gasteiger partial charge in [0.25, 0.3) is 0 Å². The second kappa shape index (κ2) is 7.11. The predicted octanol–water partition coefficient (Wildman–Crippen LogP) is 0.245. The minimum atomic E-state index is -1.03. The molecule has 1 aliphatic heterocycles. The number of nitrogens with zero attached hydrogens (tertiary/aromatic N) is 1. The van der Waals surface area contributed by atoms with Crippen molar-refractivity contribution in [2.45, 2.75) is 32.2 Å². The normalized spacial score (nSPS) is 18.4. The fourth-order valence-electron chi connectivity index (χ4n) is 1.82. The number of carboxylic acid groups (broad SMARTS) is 1. The molecule has 1 atom stereocenters. The van der Waals surface area contributed by atoms with Gasteiger partial charge in [0.15, 0.2) is 0 Å². The van der Waals surface area contributed by atoms with Crippen molar-refractivity contribution in [1.82, 2.24) is 15.5 Å². The average Bonchev–Trinajstić information content (AvgIpc) is 2.30.